The van der Waals surface area contributed by atoms with Gasteiger partial charge in [0.2, 0.25) is 11.8 Å². The zero-order chi connectivity index (χ0) is 22.1. The molecular weight excluding hydrogens is 376 g/mol. The summed E-state index contributed by atoms with van der Waals surface area (Å²) in [4.78, 5) is 36.0. The summed E-state index contributed by atoms with van der Waals surface area (Å²) in [6, 6.07) is -1.99. The van der Waals surface area contributed by atoms with E-state index >= 15 is 0 Å². The third-order valence-electron chi connectivity index (χ3n) is 4.63. The molecule has 0 heterocycles. The summed E-state index contributed by atoms with van der Waals surface area (Å²) >= 11 is 0. The first-order valence-corrected chi connectivity index (χ1v) is 10.4. The van der Waals surface area contributed by atoms with E-state index in [2.05, 4.69) is 10.6 Å². The van der Waals surface area contributed by atoms with Gasteiger partial charge in [0.05, 0.1) is 19.2 Å². The van der Waals surface area contributed by atoms with Gasteiger partial charge in [-0.05, 0) is 58.0 Å². The largest absolute Gasteiger partial charge is 0.467 e. The number of amides is 2. The van der Waals surface area contributed by atoms with Crippen molar-refractivity contribution in [2.45, 2.75) is 75.9 Å². The summed E-state index contributed by atoms with van der Waals surface area (Å²) in [7, 11) is 1.27. The van der Waals surface area contributed by atoms with Crippen molar-refractivity contribution in [3.63, 3.8) is 0 Å². The molecule has 0 unspecified atom stereocenters. The first-order chi connectivity index (χ1) is 13.9. The molecule has 0 bridgehead atoms. The first kappa shape index (κ1) is 27.2. The number of hydrogen-bond donors (Lipinski definition) is 6. The van der Waals surface area contributed by atoms with Crippen molar-refractivity contribution in [2.75, 3.05) is 26.7 Å². The van der Waals surface area contributed by atoms with Crippen LogP contribution in [0.15, 0.2) is 0 Å². The summed E-state index contributed by atoms with van der Waals surface area (Å²) in [5, 5.41) is 5.44. The molecule has 0 saturated carbocycles. The van der Waals surface area contributed by atoms with Gasteiger partial charge in [0.1, 0.15) is 6.04 Å². The van der Waals surface area contributed by atoms with E-state index < -0.39 is 24.1 Å². The standard InChI is InChI=1S/C19H40N6O4/c1-29-19(28)16(25-18(27)15(23)9-3-6-12-21)10-4-7-13-24-17(26)14(22)8-2-5-11-20/h14-16H,2-13,20-23H2,1H3,(H,24,26)(H,25,27)/t14-,15-,16-/m0/s1. The minimum Gasteiger partial charge on any atom is -0.467 e. The van der Waals surface area contributed by atoms with Crippen LogP contribution in [0.2, 0.25) is 0 Å². The van der Waals surface area contributed by atoms with Crippen LogP contribution in [0.25, 0.3) is 0 Å². The van der Waals surface area contributed by atoms with Gasteiger partial charge in [0, 0.05) is 6.54 Å². The maximum Gasteiger partial charge on any atom is 0.328 e. The Morgan fingerprint density at radius 1 is 0.793 bits per heavy atom. The zero-order valence-corrected chi connectivity index (χ0v) is 17.7. The van der Waals surface area contributed by atoms with Crippen LogP contribution >= 0.6 is 0 Å². The molecule has 0 aromatic rings. The minimum atomic E-state index is -0.762. The molecule has 0 aliphatic heterocycles. The highest BCUT2D eigenvalue weighted by Crippen LogP contribution is 2.05. The number of unbranched alkanes of at least 4 members (excludes halogenated alkanes) is 3. The van der Waals surface area contributed by atoms with Crippen molar-refractivity contribution in [1.29, 1.82) is 0 Å². The first-order valence-electron chi connectivity index (χ1n) is 10.4. The molecule has 170 valence electrons. The zero-order valence-electron chi connectivity index (χ0n) is 17.7. The third kappa shape index (κ3) is 13.2. The molecule has 0 aliphatic carbocycles. The molecule has 10 nitrogen and oxygen atoms in total. The second-order valence-electron chi connectivity index (χ2n) is 7.15. The number of carbonyl (C=O) groups is 3. The number of carbonyl (C=O) groups excluding carboxylic acids is 3. The minimum absolute atomic E-state index is 0.191. The van der Waals surface area contributed by atoms with Crippen molar-refractivity contribution in [3.05, 3.63) is 0 Å². The summed E-state index contributed by atoms with van der Waals surface area (Å²) in [6.07, 6.45) is 5.98. The third-order valence-corrected chi connectivity index (χ3v) is 4.63. The summed E-state index contributed by atoms with van der Waals surface area (Å²) in [5.41, 5.74) is 22.5. The molecule has 0 radical (unpaired) electrons. The van der Waals surface area contributed by atoms with Gasteiger partial charge in [-0.25, -0.2) is 4.79 Å². The maximum absolute atomic E-state index is 12.2. The number of nitrogens with two attached hydrogens (primary N) is 4. The Balaban J connectivity index is 4.22. The lowest BCUT2D eigenvalue weighted by Crippen LogP contribution is -2.48. The Bertz CT molecular complexity index is 478. The van der Waals surface area contributed by atoms with Crippen LogP contribution in [0, 0.1) is 0 Å². The van der Waals surface area contributed by atoms with E-state index in [9.17, 15) is 14.4 Å². The van der Waals surface area contributed by atoms with E-state index in [-0.39, 0.29) is 11.8 Å². The van der Waals surface area contributed by atoms with Crippen LogP contribution in [-0.2, 0) is 19.1 Å². The van der Waals surface area contributed by atoms with Gasteiger partial charge in [-0.15, -0.1) is 0 Å². The number of esters is 1. The van der Waals surface area contributed by atoms with E-state index in [1.807, 2.05) is 0 Å². The highest BCUT2D eigenvalue weighted by Gasteiger charge is 2.24. The van der Waals surface area contributed by atoms with E-state index in [1.54, 1.807) is 0 Å². The van der Waals surface area contributed by atoms with Gasteiger partial charge in [-0.1, -0.05) is 12.8 Å². The lowest BCUT2D eigenvalue weighted by atomic mass is 10.1. The fourth-order valence-electron chi connectivity index (χ4n) is 2.77. The number of hydrogen-bond acceptors (Lipinski definition) is 8. The lowest BCUT2D eigenvalue weighted by molar-refractivity contribution is -0.145. The Hall–Kier alpha value is -1.75. The number of nitrogens with one attached hydrogen (secondary N) is 2. The number of ether oxygens (including phenoxy) is 1. The molecule has 29 heavy (non-hydrogen) atoms. The van der Waals surface area contributed by atoms with Crippen LogP contribution in [0.4, 0.5) is 0 Å². The molecule has 10 N–H and O–H groups in total. The highest BCUT2D eigenvalue weighted by atomic mass is 16.5. The van der Waals surface area contributed by atoms with Crippen molar-refractivity contribution in [2.24, 2.45) is 22.9 Å². The fraction of sp³-hybridized carbons (Fsp3) is 0.842. The number of rotatable bonds is 17. The van der Waals surface area contributed by atoms with Gasteiger partial charge in [-0.2, -0.15) is 0 Å². The van der Waals surface area contributed by atoms with Gasteiger partial charge in [-0.3, -0.25) is 9.59 Å². The van der Waals surface area contributed by atoms with E-state index in [0.717, 1.165) is 25.7 Å². The second kappa shape index (κ2) is 17.1. The van der Waals surface area contributed by atoms with Gasteiger partial charge >= 0.3 is 5.97 Å². The van der Waals surface area contributed by atoms with E-state index in [4.69, 9.17) is 27.7 Å². The predicted molar refractivity (Wildman–Crippen MR) is 113 cm³/mol. The Labute approximate surface area is 173 Å². The maximum atomic E-state index is 12.2. The Morgan fingerprint density at radius 2 is 1.31 bits per heavy atom. The van der Waals surface area contributed by atoms with Crippen molar-refractivity contribution in [3.8, 4) is 0 Å². The Morgan fingerprint density at radius 3 is 1.83 bits per heavy atom. The highest BCUT2D eigenvalue weighted by molar-refractivity contribution is 5.87. The molecule has 2 amide bonds. The topological polar surface area (TPSA) is 189 Å². The summed E-state index contributed by atoms with van der Waals surface area (Å²) in [6.45, 7) is 1.59. The fourth-order valence-corrected chi connectivity index (χ4v) is 2.77. The lowest BCUT2D eigenvalue weighted by Gasteiger charge is -2.19. The molecule has 0 aromatic heterocycles. The van der Waals surface area contributed by atoms with Crippen LogP contribution in [0.1, 0.15) is 57.8 Å². The molecule has 0 rings (SSSR count). The number of methoxy groups -OCH3 is 1. The van der Waals surface area contributed by atoms with Crippen molar-refractivity contribution < 1.29 is 19.1 Å². The molecule has 0 aliphatic rings. The summed E-state index contributed by atoms with van der Waals surface area (Å²) in [5.74, 6) is -1.09. The quantitative estimate of drug-likeness (QED) is 0.126. The van der Waals surface area contributed by atoms with Crippen LogP contribution in [0.5, 0.6) is 0 Å². The SMILES string of the molecule is COC(=O)[C@H](CCCCNC(=O)[C@@H](N)CCCCN)NC(=O)[C@@H](N)CCCCN. The summed E-state index contributed by atoms with van der Waals surface area (Å²) < 4.78 is 4.76. The van der Waals surface area contributed by atoms with Crippen LogP contribution in [-0.4, -0.2) is 62.7 Å². The second-order valence-corrected chi connectivity index (χ2v) is 7.15. The van der Waals surface area contributed by atoms with Crippen molar-refractivity contribution >= 4 is 17.8 Å². The average Bonchev–Trinajstić information content (AvgIpc) is 2.71. The van der Waals surface area contributed by atoms with E-state index in [0.29, 0.717) is 51.7 Å². The van der Waals surface area contributed by atoms with Gasteiger partial charge < -0.3 is 38.3 Å². The average molecular weight is 417 g/mol. The molecule has 0 aromatic carbocycles. The molecule has 0 fully saturated rings. The van der Waals surface area contributed by atoms with Crippen molar-refractivity contribution in [1.82, 2.24) is 10.6 Å². The molecular formula is C19H40N6O4. The monoisotopic (exact) mass is 416 g/mol. The van der Waals surface area contributed by atoms with Crippen LogP contribution < -0.4 is 33.6 Å². The van der Waals surface area contributed by atoms with Crippen LogP contribution in [0.3, 0.4) is 0 Å². The normalized spacial score (nSPS) is 14.0. The molecule has 0 saturated heterocycles. The van der Waals surface area contributed by atoms with Gasteiger partial charge in [0.15, 0.2) is 0 Å². The van der Waals surface area contributed by atoms with E-state index in [1.165, 1.54) is 7.11 Å². The molecule has 0 spiro atoms. The predicted octanol–water partition coefficient (Wildman–Crippen LogP) is -1.16. The molecule has 10 heteroatoms. The van der Waals surface area contributed by atoms with Gasteiger partial charge in [0.25, 0.3) is 0 Å². The Kier molecular flexibility index (Phi) is 16.1. The molecule has 3 atom stereocenters. The smallest absolute Gasteiger partial charge is 0.328 e.